The van der Waals surface area contributed by atoms with Crippen LogP contribution in [0.2, 0.25) is 0 Å². The van der Waals surface area contributed by atoms with Gasteiger partial charge in [0.15, 0.2) is 0 Å². The van der Waals surface area contributed by atoms with E-state index in [1.807, 2.05) is 0 Å². The van der Waals surface area contributed by atoms with Gasteiger partial charge in [0.25, 0.3) is 0 Å². The molecule has 0 saturated heterocycles. The van der Waals surface area contributed by atoms with Gasteiger partial charge in [-0.05, 0) is 0 Å². The first-order chi connectivity index (χ1) is 10.9. The van der Waals surface area contributed by atoms with Crippen LogP contribution in [0.25, 0.3) is 0 Å². The average molecular weight is 534 g/mol. The van der Waals surface area contributed by atoms with E-state index in [-0.39, 0.29) is 0 Å². The van der Waals surface area contributed by atoms with Crippen LogP contribution in [0, 0.1) is 0 Å². The van der Waals surface area contributed by atoms with E-state index < -0.39 is 62.9 Å². The van der Waals surface area contributed by atoms with Crippen molar-refractivity contribution in [2.24, 2.45) is 0 Å². The third-order valence-electron chi connectivity index (χ3n) is 6.79. The van der Waals surface area contributed by atoms with Gasteiger partial charge in [-0.25, -0.2) is 0 Å². The summed E-state index contributed by atoms with van der Waals surface area (Å²) in [6.45, 7) is 0. The summed E-state index contributed by atoms with van der Waals surface area (Å²) in [6.07, 6.45) is 0. The topological polar surface area (TPSA) is 205 Å². The molecule has 25 heavy (non-hydrogen) atoms. The third kappa shape index (κ3) is 0.437. The van der Waals surface area contributed by atoms with Gasteiger partial charge in [0.1, 0.15) is 0 Å². The molecule has 0 aromatic rings. The second-order valence-corrected chi connectivity index (χ2v) is 76.8. The van der Waals surface area contributed by atoms with Crippen molar-refractivity contribution in [3.05, 3.63) is 0 Å². The van der Waals surface area contributed by atoms with Crippen molar-refractivity contribution in [2.75, 3.05) is 0 Å². The molecule has 0 aromatic carbocycles. The summed E-state index contributed by atoms with van der Waals surface area (Å²) in [6, 6.07) is 0. The molecule has 0 heterocycles. The zero-order valence-corrected chi connectivity index (χ0v) is 14.9. The fourth-order valence-electron chi connectivity index (χ4n) is 1.39. The van der Waals surface area contributed by atoms with Crippen LogP contribution in [-0.2, 0) is 63.3 Å². The molecule has 12 nitrogen and oxygen atoms in total. The van der Waals surface area contributed by atoms with Crippen molar-refractivity contribution in [3.8, 4) is 0 Å². The van der Waals surface area contributed by atoms with Crippen molar-refractivity contribution < 1.29 is 63.3 Å². The van der Waals surface area contributed by atoms with Crippen molar-refractivity contribution >= 4 is 57.1 Å². The molecule has 0 radical (unpaired) electrons. The predicted octanol–water partition coefficient (Wildman–Crippen LogP) is -3.29. The van der Waals surface area contributed by atoms with E-state index in [1.54, 1.807) is 0 Å². The second kappa shape index (κ2) is 1.44. The summed E-state index contributed by atoms with van der Waals surface area (Å²) >= 11 is 0. The standard InChI is InChI=1S/12CHO.Re/c12*1-2;/h12*1H;. The van der Waals surface area contributed by atoms with Crippen LogP contribution in [0.4, 0.5) is 0 Å². The molecule has 0 amide bonds. The molecule has 0 aliphatic rings. The Balaban J connectivity index is 12.5. The fourth-order valence-corrected chi connectivity index (χ4v) is 11.3. The van der Waals surface area contributed by atoms with Crippen molar-refractivity contribution in [2.45, 2.75) is 0 Å². The number of hydrogen-bond donors (Lipinski definition) is 0. The Hall–Kier alpha value is -3.30. The van der Waals surface area contributed by atoms with Gasteiger partial charge in [-0.1, -0.05) is 0 Å². The van der Waals surface area contributed by atoms with Gasteiger partial charge in [-0.2, -0.15) is 0 Å². The molecule has 0 aromatic heterocycles. The van der Waals surface area contributed by atoms with Crippen LogP contribution in [-0.4, -0.2) is 57.1 Å². The van der Waals surface area contributed by atoms with Crippen molar-refractivity contribution in [1.29, 1.82) is 0 Å². The third-order valence-corrected chi connectivity index (χ3v) is 55.6. The first-order valence-corrected chi connectivity index (χ1v) is 24.3. The molecule has 0 spiro atoms. The van der Waals surface area contributed by atoms with Gasteiger partial charge in [0.05, 0.1) is 0 Å². The van der Waals surface area contributed by atoms with Crippen LogP contribution in [0.3, 0.4) is 0 Å². The SMILES string of the molecule is O=[CH][Re]([CH]=O)([CH]=O)([CH]=O)([CH]=O)([CH]=O)([CH]=O)([CH]=O)([CH]=O)([CH]=O)([CH]=O)[CH]=O. The van der Waals surface area contributed by atoms with Gasteiger partial charge < -0.3 is 0 Å². The Morgan fingerprint density at radius 3 is 0.320 bits per heavy atom. The summed E-state index contributed by atoms with van der Waals surface area (Å²) in [4.78, 5) is 149. The van der Waals surface area contributed by atoms with Gasteiger partial charge in [-0.3, -0.25) is 0 Å². The number of carbonyl (C=O) groups excluding carboxylic acids is 12. The minimum atomic E-state index is -14.5. The van der Waals surface area contributed by atoms with Crippen LogP contribution in [0.15, 0.2) is 0 Å². The maximum atomic E-state index is 12.4. The number of hydrogen-bond acceptors (Lipinski definition) is 12. The van der Waals surface area contributed by atoms with Crippen molar-refractivity contribution in [1.82, 2.24) is 0 Å². The van der Waals surface area contributed by atoms with Gasteiger partial charge in [0, 0.05) is 0 Å². The minimum absolute atomic E-state index is 2.22. The Morgan fingerprint density at radius 2 is 0.320 bits per heavy atom. The number of carbonyl (C=O) groups is 12. The molecule has 0 bridgehead atoms. The summed E-state index contributed by atoms with van der Waals surface area (Å²) in [5.41, 5.74) is 0. The monoisotopic (exact) mass is 535 g/mol. The van der Waals surface area contributed by atoms with E-state index in [0.29, 0.717) is 0 Å². The van der Waals surface area contributed by atoms with E-state index in [0.717, 1.165) is 0 Å². The van der Waals surface area contributed by atoms with Crippen LogP contribution < -0.4 is 0 Å². The Labute approximate surface area is 121 Å². The second-order valence-electron chi connectivity index (χ2n) is 9.38. The number of rotatable bonds is 12. The summed E-state index contributed by atoms with van der Waals surface area (Å²) in [5, 5.41) is 0. The summed E-state index contributed by atoms with van der Waals surface area (Å²) in [5.74, 6) is -14.5. The molecule has 0 aliphatic carbocycles. The molecule has 0 rings (SSSR count). The van der Waals surface area contributed by atoms with Gasteiger partial charge >= 0.3 is 120 Å². The van der Waals surface area contributed by atoms with Crippen LogP contribution in [0.1, 0.15) is 0 Å². The maximum absolute atomic E-state index is 14.5. The van der Waals surface area contributed by atoms with E-state index in [2.05, 4.69) is 0 Å². The first-order valence-electron chi connectivity index (χ1n) is 5.45. The summed E-state index contributed by atoms with van der Waals surface area (Å²) < 4.78 is -26.7. The Morgan fingerprint density at radius 1 is 0.240 bits per heavy atom. The first kappa shape index (κ1) is 21.7. The van der Waals surface area contributed by atoms with Gasteiger partial charge in [0.2, 0.25) is 0 Å². The zero-order chi connectivity index (χ0) is 20.8. The molecule has 13 heteroatoms. The molecule has 0 saturated carbocycles. The van der Waals surface area contributed by atoms with Crippen LogP contribution in [0.5, 0.6) is 0 Å². The van der Waals surface area contributed by atoms with E-state index in [4.69, 9.17) is 0 Å². The van der Waals surface area contributed by atoms with E-state index in [9.17, 15) is 57.5 Å². The Bertz CT molecular complexity index is 839. The van der Waals surface area contributed by atoms with Crippen molar-refractivity contribution in [3.63, 3.8) is 0 Å². The average Bonchev–Trinajstić information content (AvgIpc) is 2.79. The molecule has 0 aliphatic heterocycles. The summed E-state index contributed by atoms with van der Waals surface area (Å²) in [7, 11) is 0. The predicted molar refractivity (Wildman–Crippen MR) is 81.0 cm³/mol. The Kier molecular flexibility index (Phi) is 1.25. The van der Waals surface area contributed by atoms with E-state index >= 15 is 0 Å². The molecule has 0 fully saturated rings. The van der Waals surface area contributed by atoms with Gasteiger partial charge in [-0.15, -0.1) is 0 Å². The molecular formula is C12H12O12Re. The van der Waals surface area contributed by atoms with E-state index in [1.165, 1.54) is 0 Å². The molecular weight excluding hydrogens is 522 g/mol. The normalized spacial score (nSPS) is 27.8. The zero-order valence-electron chi connectivity index (χ0n) is 12.2. The quantitative estimate of drug-likeness (QED) is 0.226. The fraction of sp³-hybridized carbons (Fsp3) is 0. The molecule has 0 unspecified atom stereocenters. The molecule has 0 atom stereocenters. The molecule has 139 valence electrons. The molecule has 0 N–H and O–H groups in total. The van der Waals surface area contributed by atoms with Crippen LogP contribution >= 0.6 is 0 Å².